The highest BCUT2D eigenvalue weighted by Gasteiger charge is 2.13. The molecule has 0 bridgehead atoms. The summed E-state index contributed by atoms with van der Waals surface area (Å²) < 4.78 is 23.9. The molecule has 0 aliphatic rings. The normalized spacial score (nSPS) is 10.2. The highest BCUT2D eigenvalue weighted by Crippen LogP contribution is 1.79. The van der Waals surface area contributed by atoms with E-state index in [0.717, 1.165) is 0 Å². The zero-order chi connectivity index (χ0) is 12.6. The second kappa shape index (κ2) is 6.76. The fourth-order valence-electron chi connectivity index (χ4n) is 0.681. The topological polar surface area (TPSA) is 128 Å². The van der Waals surface area contributed by atoms with E-state index in [0.29, 0.717) is 0 Å². The first-order valence-corrected chi connectivity index (χ1v) is 5.92. The summed E-state index contributed by atoms with van der Waals surface area (Å²) in [5, 5.41) is 12.2. The summed E-state index contributed by atoms with van der Waals surface area (Å²) >= 11 is 0. The van der Waals surface area contributed by atoms with E-state index in [1.807, 2.05) is 5.32 Å². The fraction of sp³-hybridized carbons (Fsp3) is 0.571. The van der Waals surface area contributed by atoms with E-state index < -0.39 is 21.8 Å². The molecule has 0 saturated heterocycles. The van der Waals surface area contributed by atoms with E-state index in [1.165, 1.54) is 7.05 Å². The van der Waals surface area contributed by atoms with Crippen LogP contribution in [0.15, 0.2) is 0 Å². The standard InChI is InChI=1S/C7H12N4O4S/c1-9-16(14,15)5-4-11-7(13)6(12)10-3-2-8/h9H,3-5H2,1H3,(H,10,12)(H,11,13). The van der Waals surface area contributed by atoms with Crippen LogP contribution in [0.4, 0.5) is 0 Å². The number of sulfonamides is 1. The SMILES string of the molecule is CNS(=O)(=O)CCNC(=O)C(=O)NCC#N. The van der Waals surface area contributed by atoms with Crippen LogP contribution in [0.3, 0.4) is 0 Å². The Balaban J connectivity index is 3.92. The minimum absolute atomic E-state index is 0.179. The van der Waals surface area contributed by atoms with Gasteiger partial charge < -0.3 is 10.6 Å². The second-order valence-corrected chi connectivity index (χ2v) is 4.67. The zero-order valence-electron chi connectivity index (χ0n) is 8.61. The number of nitriles is 1. The fourth-order valence-corrected chi connectivity index (χ4v) is 1.26. The molecule has 0 atom stereocenters. The van der Waals surface area contributed by atoms with Crippen LogP contribution in [0.1, 0.15) is 0 Å². The van der Waals surface area contributed by atoms with Crippen molar-refractivity contribution in [2.45, 2.75) is 0 Å². The average molecular weight is 248 g/mol. The van der Waals surface area contributed by atoms with Gasteiger partial charge in [-0.25, -0.2) is 13.1 Å². The van der Waals surface area contributed by atoms with E-state index in [2.05, 4.69) is 10.0 Å². The van der Waals surface area contributed by atoms with Crippen molar-refractivity contribution in [3.8, 4) is 6.07 Å². The van der Waals surface area contributed by atoms with Crippen molar-refractivity contribution in [2.24, 2.45) is 0 Å². The quantitative estimate of drug-likeness (QED) is 0.360. The zero-order valence-corrected chi connectivity index (χ0v) is 9.43. The summed E-state index contributed by atoms with van der Waals surface area (Å²) in [6, 6.07) is 1.63. The first-order valence-electron chi connectivity index (χ1n) is 4.27. The van der Waals surface area contributed by atoms with Crippen LogP contribution in [0.25, 0.3) is 0 Å². The molecule has 2 amide bonds. The van der Waals surface area contributed by atoms with Crippen LogP contribution < -0.4 is 15.4 Å². The Bertz CT molecular complexity index is 397. The van der Waals surface area contributed by atoms with Crippen molar-refractivity contribution in [3.05, 3.63) is 0 Å². The van der Waals surface area contributed by atoms with Gasteiger partial charge in [0.2, 0.25) is 10.0 Å². The van der Waals surface area contributed by atoms with Crippen LogP contribution in [-0.2, 0) is 19.6 Å². The smallest absolute Gasteiger partial charge is 0.310 e. The number of hydrogen-bond acceptors (Lipinski definition) is 5. The van der Waals surface area contributed by atoms with Crippen molar-refractivity contribution in [1.82, 2.24) is 15.4 Å². The van der Waals surface area contributed by atoms with Gasteiger partial charge in [0.15, 0.2) is 0 Å². The summed E-state index contributed by atoms with van der Waals surface area (Å²) in [6.07, 6.45) is 0. The van der Waals surface area contributed by atoms with Crippen molar-refractivity contribution >= 4 is 21.8 Å². The Hall–Kier alpha value is -1.66. The molecule has 0 aliphatic heterocycles. The summed E-state index contributed by atoms with van der Waals surface area (Å²) in [5.41, 5.74) is 0. The van der Waals surface area contributed by atoms with Gasteiger partial charge in [0.1, 0.15) is 6.54 Å². The van der Waals surface area contributed by atoms with Crippen molar-refractivity contribution in [2.75, 3.05) is 25.9 Å². The maximum atomic E-state index is 11.0. The molecular weight excluding hydrogens is 236 g/mol. The molecule has 0 unspecified atom stereocenters. The van der Waals surface area contributed by atoms with Gasteiger partial charge >= 0.3 is 11.8 Å². The summed E-state index contributed by atoms with van der Waals surface area (Å²) in [4.78, 5) is 21.9. The third-order valence-corrected chi connectivity index (χ3v) is 2.87. The van der Waals surface area contributed by atoms with Gasteiger partial charge in [-0.3, -0.25) is 9.59 Å². The van der Waals surface area contributed by atoms with Gasteiger partial charge in [0.25, 0.3) is 0 Å². The molecule has 0 saturated carbocycles. The lowest BCUT2D eigenvalue weighted by Crippen LogP contribution is -2.42. The Kier molecular flexibility index (Phi) is 6.06. The van der Waals surface area contributed by atoms with Crippen LogP contribution >= 0.6 is 0 Å². The minimum Gasteiger partial charge on any atom is -0.347 e. The van der Waals surface area contributed by atoms with E-state index >= 15 is 0 Å². The second-order valence-electron chi connectivity index (χ2n) is 2.62. The molecule has 0 aromatic carbocycles. The highest BCUT2D eigenvalue weighted by atomic mass is 32.2. The first kappa shape index (κ1) is 14.3. The van der Waals surface area contributed by atoms with Crippen LogP contribution in [0.5, 0.6) is 0 Å². The number of nitrogens with one attached hydrogen (secondary N) is 3. The molecule has 90 valence electrons. The highest BCUT2D eigenvalue weighted by molar-refractivity contribution is 7.89. The maximum absolute atomic E-state index is 11.0. The molecule has 8 nitrogen and oxygen atoms in total. The molecule has 3 N–H and O–H groups in total. The Morgan fingerprint density at radius 1 is 1.25 bits per heavy atom. The summed E-state index contributed by atoms with van der Waals surface area (Å²) in [6.45, 7) is -0.455. The van der Waals surface area contributed by atoms with Gasteiger partial charge in [-0.05, 0) is 7.05 Å². The van der Waals surface area contributed by atoms with Crippen LogP contribution in [-0.4, -0.2) is 46.1 Å². The molecule has 0 heterocycles. The van der Waals surface area contributed by atoms with Crippen molar-refractivity contribution in [3.63, 3.8) is 0 Å². The van der Waals surface area contributed by atoms with Crippen LogP contribution in [0.2, 0.25) is 0 Å². The van der Waals surface area contributed by atoms with Gasteiger partial charge in [-0.15, -0.1) is 0 Å². The minimum atomic E-state index is -3.41. The summed E-state index contributed by atoms with van der Waals surface area (Å²) in [5.74, 6) is -2.26. The molecule has 0 fully saturated rings. The third kappa shape index (κ3) is 5.94. The van der Waals surface area contributed by atoms with Gasteiger partial charge in [0, 0.05) is 6.54 Å². The molecule has 16 heavy (non-hydrogen) atoms. The Morgan fingerprint density at radius 2 is 1.81 bits per heavy atom. The number of amides is 2. The Labute approximate surface area is 93.1 Å². The molecule has 9 heteroatoms. The molecular formula is C7H12N4O4S. The molecule has 0 radical (unpaired) electrons. The van der Waals surface area contributed by atoms with Crippen molar-refractivity contribution < 1.29 is 18.0 Å². The molecule has 0 spiro atoms. The molecule has 0 aromatic rings. The van der Waals surface area contributed by atoms with Crippen molar-refractivity contribution in [1.29, 1.82) is 5.26 Å². The predicted octanol–water partition coefficient (Wildman–Crippen LogP) is -2.71. The number of carbonyl (C=O) groups excluding carboxylic acids is 2. The molecule has 0 rings (SSSR count). The average Bonchev–Trinajstić information content (AvgIpc) is 2.25. The third-order valence-electron chi connectivity index (χ3n) is 1.50. The number of carbonyl (C=O) groups is 2. The van der Waals surface area contributed by atoms with E-state index in [9.17, 15) is 18.0 Å². The van der Waals surface area contributed by atoms with E-state index in [1.54, 1.807) is 6.07 Å². The predicted molar refractivity (Wildman–Crippen MR) is 54.5 cm³/mol. The van der Waals surface area contributed by atoms with Crippen LogP contribution in [0, 0.1) is 11.3 Å². The van der Waals surface area contributed by atoms with Gasteiger partial charge in [0.05, 0.1) is 11.8 Å². The van der Waals surface area contributed by atoms with Gasteiger partial charge in [-0.2, -0.15) is 5.26 Å². The lowest BCUT2D eigenvalue weighted by atomic mass is 10.5. The molecule has 0 aromatic heterocycles. The number of rotatable bonds is 5. The number of nitrogens with zero attached hydrogens (tertiary/aromatic N) is 1. The Morgan fingerprint density at radius 3 is 2.31 bits per heavy atom. The maximum Gasteiger partial charge on any atom is 0.310 e. The lowest BCUT2D eigenvalue weighted by Gasteiger charge is -2.04. The lowest BCUT2D eigenvalue weighted by molar-refractivity contribution is -0.138. The van der Waals surface area contributed by atoms with E-state index in [-0.39, 0.29) is 18.8 Å². The summed E-state index contributed by atoms with van der Waals surface area (Å²) in [7, 11) is -2.16. The first-order chi connectivity index (χ1) is 7.43. The number of hydrogen-bond donors (Lipinski definition) is 3. The monoisotopic (exact) mass is 248 g/mol. The largest absolute Gasteiger partial charge is 0.347 e. The van der Waals surface area contributed by atoms with Gasteiger partial charge in [-0.1, -0.05) is 0 Å². The van der Waals surface area contributed by atoms with E-state index in [4.69, 9.17) is 5.26 Å². The molecule has 0 aliphatic carbocycles.